The molecule has 0 saturated carbocycles. The van der Waals surface area contributed by atoms with Gasteiger partial charge in [-0.2, -0.15) is 0 Å². The van der Waals surface area contributed by atoms with Gasteiger partial charge in [0, 0.05) is 11.1 Å². The largest absolute Gasteiger partial charge is 0.507 e. The molecular formula is C34H28O10. The second-order valence-electron chi connectivity index (χ2n) is 10.4. The number of phenolic OH excluding ortho intramolecular Hbond substituents is 4. The van der Waals surface area contributed by atoms with E-state index < -0.39 is 12.2 Å². The minimum atomic E-state index is -0.554. The van der Waals surface area contributed by atoms with Crippen molar-refractivity contribution in [3.63, 3.8) is 0 Å². The maximum absolute atomic E-state index is 12.4. The third-order valence-electron chi connectivity index (χ3n) is 7.75. The Morgan fingerprint density at radius 2 is 0.932 bits per heavy atom. The first-order valence-corrected chi connectivity index (χ1v) is 13.7. The molecule has 0 amide bonds. The molecule has 0 aliphatic carbocycles. The Balaban J connectivity index is 0.000000175. The summed E-state index contributed by atoms with van der Waals surface area (Å²) in [6, 6.07) is 18.3. The van der Waals surface area contributed by atoms with Crippen LogP contribution in [0.15, 0.2) is 60.7 Å². The standard InChI is InChI=1S/2C17H14O5/c2*1-9-15(20)11(8-18)17-14(16(9)21)12(19)7-13(22-17)10-5-3-2-4-6-10/h2*2-6,8,13,20-21H,7H2,1H3/t2*13-/m00/s1. The molecule has 4 aromatic rings. The van der Waals surface area contributed by atoms with Crippen LogP contribution in [0, 0.1) is 13.8 Å². The van der Waals surface area contributed by atoms with E-state index in [0.717, 1.165) is 11.1 Å². The first-order valence-electron chi connectivity index (χ1n) is 13.7. The number of phenols is 4. The summed E-state index contributed by atoms with van der Waals surface area (Å²) in [5.41, 5.74) is 1.47. The molecule has 224 valence electrons. The lowest BCUT2D eigenvalue weighted by Gasteiger charge is -2.28. The summed E-state index contributed by atoms with van der Waals surface area (Å²) in [4.78, 5) is 47.3. The van der Waals surface area contributed by atoms with Crippen LogP contribution >= 0.6 is 0 Å². The highest BCUT2D eigenvalue weighted by Gasteiger charge is 2.36. The first kappa shape index (κ1) is 29.8. The van der Waals surface area contributed by atoms with Crippen LogP contribution in [0.25, 0.3) is 0 Å². The van der Waals surface area contributed by atoms with Gasteiger partial charge in [-0.1, -0.05) is 60.7 Å². The van der Waals surface area contributed by atoms with E-state index in [1.54, 1.807) is 0 Å². The predicted molar refractivity (Wildman–Crippen MR) is 157 cm³/mol. The molecule has 4 aromatic carbocycles. The van der Waals surface area contributed by atoms with Crippen LogP contribution < -0.4 is 9.47 Å². The lowest BCUT2D eigenvalue weighted by molar-refractivity contribution is 0.0829. The number of aromatic hydroxyl groups is 4. The molecule has 0 spiro atoms. The molecule has 10 heteroatoms. The Morgan fingerprint density at radius 1 is 0.591 bits per heavy atom. The Kier molecular flexibility index (Phi) is 8.09. The maximum Gasteiger partial charge on any atom is 0.174 e. The molecule has 2 heterocycles. The number of benzene rings is 4. The monoisotopic (exact) mass is 596 g/mol. The maximum atomic E-state index is 12.4. The van der Waals surface area contributed by atoms with Crippen molar-refractivity contribution in [2.45, 2.75) is 38.9 Å². The smallest absolute Gasteiger partial charge is 0.174 e. The van der Waals surface area contributed by atoms with Gasteiger partial charge in [0.05, 0.1) is 24.0 Å². The Bertz CT molecular complexity index is 1660. The number of hydrogen-bond donors (Lipinski definition) is 4. The zero-order valence-electron chi connectivity index (χ0n) is 23.7. The molecule has 0 bridgehead atoms. The normalized spacial score (nSPS) is 16.8. The van der Waals surface area contributed by atoms with Crippen molar-refractivity contribution >= 4 is 24.1 Å². The third-order valence-corrected chi connectivity index (χ3v) is 7.75. The number of Topliss-reactive ketones (excluding diaryl/α,β-unsaturated/α-hetero) is 2. The van der Waals surface area contributed by atoms with Crippen LogP contribution in [-0.4, -0.2) is 44.6 Å². The van der Waals surface area contributed by atoms with Crippen LogP contribution in [0.1, 0.15) is 88.7 Å². The second kappa shape index (κ2) is 11.9. The van der Waals surface area contributed by atoms with E-state index in [2.05, 4.69) is 0 Å². The Morgan fingerprint density at radius 3 is 1.25 bits per heavy atom. The number of ketones is 2. The third kappa shape index (κ3) is 5.11. The van der Waals surface area contributed by atoms with Crippen LogP contribution in [0.5, 0.6) is 34.5 Å². The van der Waals surface area contributed by atoms with Crippen LogP contribution in [0.4, 0.5) is 0 Å². The van der Waals surface area contributed by atoms with Crippen molar-refractivity contribution in [3.05, 3.63) is 105 Å². The summed E-state index contributed by atoms with van der Waals surface area (Å²) < 4.78 is 11.5. The van der Waals surface area contributed by atoms with Gasteiger partial charge in [-0.05, 0) is 25.0 Å². The fraction of sp³-hybridized carbons (Fsp3) is 0.176. The second-order valence-corrected chi connectivity index (χ2v) is 10.4. The van der Waals surface area contributed by atoms with Crippen LogP contribution in [0.3, 0.4) is 0 Å². The summed E-state index contributed by atoms with van der Waals surface area (Å²) in [5.74, 6) is -2.16. The highest BCUT2D eigenvalue weighted by molar-refractivity contribution is 6.07. The van der Waals surface area contributed by atoms with E-state index in [-0.39, 0.29) is 92.3 Å². The highest BCUT2D eigenvalue weighted by Crippen LogP contribution is 2.48. The molecule has 0 saturated heterocycles. The first-order chi connectivity index (χ1) is 21.1. The average molecular weight is 597 g/mol. The van der Waals surface area contributed by atoms with Crippen molar-refractivity contribution in [1.82, 2.24) is 0 Å². The topological polar surface area (TPSA) is 168 Å². The fourth-order valence-electron chi connectivity index (χ4n) is 5.30. The summed E-state index contributed by atoms with van der Waals surface area (Å²) >= 11 is 0. The number of rotatable bonds is 4. The minimum Gasteiger partial charge on any atom is -0.507 e. The molecule has 2 aliphatic heterocycles. The molecule has 0 fully saturated rings. The quantitative estimate of drug-likeness (QED) is 0.210. The van der Waals surface area contributed by atoms with Gasteiger partial charge in [0.25, 0.3) is 0 Å². The molecule has 2 atom stereocenters. The summed E-state index contributed by atoms with van der Waals surface area (Å²) in [6.07, 6.45) is -0.120. The number of carbonyl (C=O) groups is 4. The molecule has 2 aliphatic rings. The van der Waals surface area contributed by atoms with Gasteiger partial charge in [-0.15, -0.1) is 0 Å². The van der Waals surface area contributed by atoms with Gasteiger partial charge in [0.15, 0.2) is 24.1 Å². The van der Waals surface area contributed by atoms with Crippen molar-refractivity contribution < 1.29 is 49.1 Å². The zero-order valence-corrected chi connectivity index (χ0v) is 23.7. The van der Waals surface area contributed by atoms with Gasteiger partial charge >= 0.3 is 0 Å². The predicted octanol–water partition coefficient (Wildman–Crippen LogP) is 5.85. The lowest BCUT2D eigenvalue weighted by atomic mass is 9.91. The number of aldehydes is 2. The summed E-state index contributed by atoms with van der Waals surface area (Å²) in [5, 5.41) is 40.2. The summed E-state index contributed by atoms with van der Waals surface area (Å²) in [6.45, 7) is 2.88. The van der Waals surface area contributed by atoms with Crippen molar-refractivity contribution in [1.29, 1.82) is 0 Å². The van der Waals surface area contributed by atoms with Gasteiger partial charge in [0.2, 0.25) is 0 Å². The molecule has 0 radical (unpaired) electrons. The van der Waals surface area contributed by atoms with E-state index in [9.17, 15) is 39.6 Å². The summed E-state index contributed by atoms with van der Waals surface area (Å²) in [7, 11) is 0. The van der Waals surface area contributed by atoms with Crippen molar-refractivity contribution in [3.8, 4) is 34.5 Å². The fourth-order valence-corrected chi connectivity index (χ4v) is 5.30. The van der Waals surface area contributed by atoms with Crippen LogP contribution in [0.2, 0.25) is 0 Å². The molecule has 10 nitrogen and oxygen atoms in total. The van der Waals surface area contributed by atoms with Crippen molar-refractivity contribution in [2.75, 3.05) is 0 Å². The molecular weight excluding hydrogens is 568 g/mol. The molecule has 4 N–H and O–H groups in total. The Hall–Kier alpha value is -5.64. The van der Waals surface area contributed by atoms with Gasteiger partial charge in [0.1, 0.15) is 57.8 Å². The van der Waals surface area contributed by atoms with Crippen LogP contribution in [-0.2, 0) is 0 Å². The van der Waals surface area contributed by atoms with E-state index >= 15 is 0 Å². The van der Waals surface area contributed by atoms with E-state index in [4.69, 9.17) is 9.47 Å². The Labute approximate surface area is 251 Å². The number of fused-ring (bicyclic) bond motifs is 2. The zero-order chi connectivity index (χ0) is 31.7. The number of ether oxygens (including phenoxy) is 2. The van der Waals surface area contributed by atoms with E-state index in [1.165, 1.54) is 13.8 Å². The SMILES string of the molecule is Cc1c(O)c(C=O)c2c(c1O)C(=O)C[C@@H](c1ccccc1)O2.Cc1c(O)c(C=O)c2c(c1O)C(=O)C[C@@H](c1ccccc1)O2. The molecule has 0 aromatic heterocycles. The highest BCUT2D eigenvalue weighted by atomic mass is 16.5. The average Bonchev–Trinajstić information content (AvgIpc) is 3.03. The molecule has 6 rings (SSSR count). The van der Waals surface area contributed by atoms with E-state index in [0.29, 0.717) is 12.6 Å². The van der Waals surface area contributed by atoms with E-state index in [1.807, 2.05) is 60.7 Å². The lowest BCUT2D eigenvalue weighted by Crippen LogP contribution is -2.22. The van der Waals surface area contributed by atoms with Gasteiger partial charge in [-0.25, -0.2) is 0 Å². The van der Waals surface area contributed by atoms with Gasteiger partial charge in [-0.3, -0.25) is 19.2 Å². The number of hydrogen-bond acceptors (Lipinski definition) is 10. The molecule has 0 unspecified atom stereocenters. The minimum absolute atomic E-state index is 0.0374. The van der Waals surface area contributed by atoms with Gasteiger partial charge < -0.3 is 29.9 Å². The number of carbonyl (C=O) groups excluding carboxylic acids is 4. The van der Waals surface area contributed by atoms with Crippen molar-refractivity contribution in [2.24, 2.45) is 0 Å². The molecule has 44 heavy (non-hydrogen) atoms.